The van der Waals surface area contributed by atoms with Crippen LogP contribution in [-0.2, 0) is 14.3 Å². The van der Waals surface area contributed by atoms with Crippen LogP contribution in [0.2, 0.25) is 0 Å². The van der Waals surface area contributed by atoms with Gasteiger partial charge in [0.05, 0.1) is 0 Å². The lowest BCUT2D eigenvalue weighted by atomic mass is 9.77. The molecule has 0 aromatic rings. The van der Waals surface area contributed by atoms with Gasteiger partial charge in [0.15, 0.2) is 0 Å². The monoisotopic (exact) mass is 393 g/mol. The maximum absolute atomic E-state index is 13.7. The van der Waals surface area contributed by atoms with E-state index < -0.39 is 35.1 Å². The fourth-order valence-electron chi connectivity index (χ4n) is 4.50. The molecule has 7 heteroatoms. The van der Waals surface area contributed by atoms with Crippen molar-refractivity contribution in [2.24, 2.45) is 17.1 Å². The Bertz CT molecular complexity index is 634. The number of nitrogens with two attached hydrogens (primary N) is 1. The van der Waals surface area contributed by atoms with Gasteiger partial charge in [-0.1, -0.05) is 25.8 Å². The van der Waals surface area contributed by atoms with Gasteiger partial charge in [0.25, 0.3) is 0 Å². The van der Waals surface area contributed by atoms with Crippen molar-refractivity contribution in [3.8, 4) is 0 Å². The van der Waals surface area contributed by atoms with Crippen LogP contribution in [0.25, 0.3) is 0 Å². The van der Waals surface area contributed by atoms with E-state index in [0.29, 0.717) is 6.42 Å². The van der Waals surface area contributed by atoms with Crippen molar-refractivity contribution in [2.75, 3.05) is 0 Å². The Morgan fingerprint density at radius 1 is 1.25 bits per heavy atom. The van der Waals surface area contributed by atoms with E-state index in [1.54, 1.807) is 31.7 Å². The number of hydrogen-bond acceptors (Lipinski definition) is 4. The Hall–Kier alpha value is -2.05. The van der Waals surface area contributed by atoms with Gasteiger partial charge < -0.3 is 20.7 Å². The number of amides is 3. The van der Waals surface area contributed by atoms with Gasteiger partial charge >= 0.3 is 6.09 Å². The minimum Gasteiger partial charge on any atom is -0.444 e. The summed E-state index contributed by atoms with van der Waals surface area (Å²) in [6.45, 7) is 13.2. The number of nitrogens with zero attached hydrogens (tertiary/aromatic N) is 1. The van der Waals surface area contributed by atoms with E-state index in [9.17, 15) is 14.4 Å². The van der Waals surface area contributed by atoms with Crippen LogP contribution in [0.3, 0.4) is 0 Å². The molecule has 2 fully saturated rings. The normalized spacial score (nSPS) is 27.9. The molecule has 0 bridgehead atoms. The molecule has 1 aliphatic carbocycles. The molecule has 0 aromatic heterocycles. The van der Waals surface area contributed by atoms with Crippen LogP contribution in [0.15, 0.2) is 12.7 Å². The zero-order valence-corrected chi connectivity index (χ0v) is 17.8. The van der Waals surface area contributed by atoms with Crippen molar-refractivity contribution < 1.29 is 19.1 Å². The van der Waals surface area contributed by atoms with Crippen molar-refractivity contribution in [3.05, 3.63) is 12.7 Å². The zero-order valence-electron chi connectivity index (χ0n) is 17.8. The van der Waals surface area contributed by atoms with Crippen LogP contribution >= 0.6 is 0 Å². The topological polar surface area (TPSA) is 102 Å². The van der Waals surface area contributed by atoms with E-state index in [2.05, 4.69) is 11.9 Å². The van der Waals surface area contributed by atoms with E-state index in [-0.39, 0.29) is 17.9 Å². The minimum absolute atomic E-state index is 0.142. The van der Waals surface area contributed by atoms with Gasteiger partial charge in [-0.05, 0) is 52.9 Å². The molecular formula is C21H35N3O4. The van der Waals surface area contributed by atoms with Crippen molar-refractivity contribution in [1.29, 1.82) is 0 Å². The van der Waals surface area contributed by atoms with Gasteiger partial charge in [0.2, 0.25) is 11.8 Å². The van der Waals surface area contributed by atoms with Gasteiger partial charge in [-0.25, -0.2) is 4.79 Å². The van der Waals surface area contributed by atoms with E-state index in [0.717, 1.165) is 25.7 Å². The first-order valence-electron chi connectivity index (χ1n) is 10.2. The largest absolute Gasteiger partial charge is 0.444 e. The lowest BCUT2D eigenvalue weighted by molar-refractivity contribution is -0.143. The zero-order chi connectivity index (χ0) is 21.3. The number of nitrogens with one attached hydrogen (secondary N) is 1. The van der Waals surface area contributed by atoms with Gasteiger partial charge in [0.1, 0.15) is 17.7 Å². The number of likely N-dealkylation sites (tertiary alicyclic amines) is 1. The summed E-state index contributed by atoms with van der Waals surface area (Å²) in [6.07, 6.45) is 5.08. The first kappa shape index (κ1) is 22.2. The number of alkyl carbamates (subject to hydrolysis) is 1. The van der Waals surface area contributed by atoms with Crippen LogP contribution in [0, 0.1) is 11.3 Å². The maximum atomic E-state index is 13.7. The Morgan fingerprint density at radius 3 is 2.29 bits per heavy atom. The first-order valence-corrected chi connectivity index (χ1v) is 10.2. The lowest BCUT2D eigenvalue weighted by Gasteiger charge is -2.39. The molecular weight excluding hydrogens is 358 g/mol. The summed E-state index contributed by atoms with van der Waals surface area (Å²) in [5, 5.41) is 2.80. The number of primary amides is 1. The van der Waals surface area contributed by atoms with E-state index in [4.69, 9.17) is 10.5 Å². The van der Waals surface area contributed by atoms with Crippen LogP contribution in [-0.4, -0.2) is 46.5 Å². The number of hydrogen-bond donors (Lipinski definition) is 2. The summed E-state index contributed by atoms with van der Waals surface area (Å²) in [5.41, 5.74) is 4.35. The third-order valence-corrected chi connectivity index (χ3v) is 6.20. The SMILES string of the molecule is C=CC1([C@H](NC(=O)OC(C)(C)C)C(=O)N2C(C(N)=O)C[C@H](C)[C@@H]2C)CCCC1. The van der Waals surface area contributed by atoms with Gasteiger partial charge in [-0.2, -0.15) is 0 Å². The predicted molar refractivity (Wildman–Crippen MR) is 107 cm³/mol. The molecule has 3 N–H and O–H groups in total. The molecule has 1 saturated carbocycles. The molecule has 158 valence electrons. The summed E-state index contributed by atoms with van der Waals surface area (Å²) in [5.74, 6) is -0.653. The Labute approximate surface area is 168 Å². The second kappa shape index (κ2) is 8.13. The number of ether oxygens (including phenoxy) is 1. The lowest BCUT2D eigenvalue weighted by Crippen LogP contribution is -2.60. The molecule has 1 heterocycles. The van der Waals surface area contributed by atoms with Crippen molar-refractivity contribution in [2.45, 2.75) is 90.4 Å². The van der Waals surface area contributed by atoms with Crippen molar-refractivity contribution in [3.63, 3.8) is 0 Å². The van der Waals surface area contributed by atoms with Crippen molar-refractivity contribution >= 4 is 17.9 Å². The molecule has 7 nitrogen and oxygen atoms in total. The summed E-state index contributed by atoms with van der Waals surface area (Å²) in [6, 6.07) is -1.64. The molecule has 4 atom stereocenters. The van der Waals surface area contributed by atoms with E-state index in [1.165, 1.54) is 0 Å². The smallest absolute Gasteiger partial charge is 0.408 e. The van der Waals surface area contributed by atoms with Crippen LogP contribution in [0.1, 0.15) is 66.7 Å². The quantitative estimate of drug-likeness (QED) is 0.701. The average molecular weight is 394 g/mol. The highest BCUT2D eigenvalue weighted by Crippen LogP contribution is 2.44. The molecule has 1 aliphatic heterocycles. The Morgan fingerprint density at radius 2 is 1.82 bits per heavy atom. The van der Waals surface area contributed by atoms with Crippen LogP contribution in [0.5, 0.6) is 0 Å². The van der Waals surface area contributed by atoms with Crippen LogP contribution in [0.4, 0.5) is 4.79 Å². The molecule has 1 saturated heterocycles. The predicted octanol–water partition coefficient (Wildman–Crippen LogP) is 2.74. The highest BCUT2D eigenvalue weighted by atomic mass is 16.6. The first-order chi connectivity index (χ1) is 12.9. The maximum Gasteiger partial charge on any atom is 0.408 e. The summed E-state index contributed by atoms with van der Waals surface area (Å²) >= 11 is 0. The highest BCUT2D eigenvalue weighted by Gasteiger charge is 2.50. The van der Waals surface area contributed by atoms with E-state index in [1.807, 2.05) is 13.8 Å². The fraction of sp³-hybridized carbons (Fsp3) is 0.762. The summed E-state index contributed by atoms with van der Waals surface area (Å²) in [4.78, 5) is 39.8. The summed E-state index contributed by atoms with van der Waals surface area (Å²) < 4.78 is 5.41. The number of carbonyl (C=O) groups is 3. The molecule has 3 amide bonds. The van der Waals surface area contributed by atoms with Gasteiger partial charge in [-0.15, -0.1) is 6.58 Å². The van der Waals surface area contributed by atoms with E-state index >= 15 is 0 Å². The molecule has 28 heavy (non-hydrogen) atoms. The molecule has 1 unspecified atom stereocenters. The summed E-state index contributed by atoms with van der Waals surface area (Å²) in [7, 11) is 0. The van der Waals surface area contributed by atoms with Gasteiger partial charge in [-0.3, -0.25) is 9.59 Å². The number of rotatable bonds is 5. The Kier molecular flexibility index (Phi) is 6.46. The molecule has 0 spiro atoms. The number of carbonyl (C=O) groups excluding carboxylic acids is 3. The standard InChI is InChI=1S/C21H35N3O4/c1-7-21(10-8-9-11-21)16(23-19(27)28-20(4,5)6)18(26)24-14(3)13(2)12-15(24)17(22)25/h7,13-16H,1,8-12H2,2-6H3,(H2,22,25)(H,23,27)/t13-,14-,15?,16+/m0/s1. The third kappa shape index (κ3) is 4.50. The second-order valence-corrected chi connectivity index (χ2v) is 9.34. The highest BCUT2D eigenvalue weighted by molar-refractivity contribution is 5.92. The molecule has 2 aliphatic rings. The van der Waals surface area contributed by atoms with Crippen LogP contribution < -0.4 is 11.1 Å². The van der Waals surface area contributed by atoms with Gasteiger partial charge in [0, 0.05) is 11.5 Å². The minimum atomic E-state index is -0.836. The molecule has 0 radical (unpaired) electrons. The van der Waals surface area contributed by atoms with Crippen molar-refractivity contribution in [1.82, 2.24) is 10.2 Å². The third-order valence-electron chi connectivity index (χ3n) is 6.20. The molecule has 2 rings (SSSR count). The Balaban J connectivity index is 2.37. The second-order valence-electron chi connectivity index (χ2n) is 9.34. The average Bonchev–Trinajstić information content (AvgIpc) is 3.17. The fourth-order valence-corrected chi connectivity index (χ4v) is 4.50. The molecule has 0 aromatic carbocycles.